The third-order valence-corrected chi connectivity index (χ3v) is 5.27. The standard InChI is InChI=1S/C22H27ClN2O4.ClH/c1-24(12-9-16-5-8-19(27-2)21(13-16)28-3)10-4-11-25-15-29-20-14-17(23)6-7-18(20)22(25)26;/h5-8,13-14H,4,9-12,15H2,1-3H3;1H. The van der Waals surface area contributed by atoms with Crippen LogP contribution in [0.5, 0.6) is 17.2 Å². The van der Waals surface area contributed by atoms with E-state index in [1.54, 1.807) is 37.3 Å². The molecule has 0 fully saturated rings. The van der Waals surface area contributed by atoms with Crippen LogP contribution in [-0.4, -0.2) is 63.3 Å². The predicted octanol–water partition coefficient (Wildman–Crippen LogP) is 4.14. The quantitative estimate of drug-likeness (QED) is 0.569. The predicted molar refractivity (Wildman–Crippen MR) is 121 cm³/mol. The highest BCUT2D eigenvalue weighted by Gasteiger charge is 2.25. The second-order valence-corrected chi connectivity index (χ2v) is 7.52. The molecule has 0 radical (unpaired) electrons. The third-order valence-electron chi connectivity index (χ3n) is 5.04. The fourth-order valence-corrected chi connectivity index (χ4v) is 3.50. The first-order valence-electron chi connectivity index (χ1n) is 9.63. The maximum atomic E-state index is 12.6. The number of hydrogen-bond acceptors (Lipinski definition) is 5. The normalized spacial score (nSPS) is 12.8. The molecule has 0 spiro atoms. The van der Waals surface area contributed by atoms with Crippen molar-refractivity contribution >= 4 is 29.9 Å². The van der Waals surface area contributed by atoms with Gasteiger partial charge in [-0.2, -0.15) is 0 Å². The molecule has 1 aliphatic heterocycles. The van der Waals surface area contributed by atoms with E-state index in [0.717, 1.165) is 37.4 Å². The van der Waals surface area contributed by atoms with Crippen molar-refractivity contribution in [2.24, 2.45) is 0 Å². The number of methoxy groups -OCH3 is 2. The van der Waals surface area contributed by atoms with E-state index in [9.17, 15) is 4.79 Å². The monoisotopic (exact) mass is 454 g/mol. The van der Waals surface area contributed by atoms with Gasteiger partial charge in [0.1, 0.15) is 5.75 Å². The van der Waals surface area contributed by atoms with Gasteiger partial charge in [0, 0.05) is 18.1 Å². The molecule has 0 atom stereocenters. The summed E-state index contributed by atoms with van der Waals surface area (Å²) in [5.41, 5.74) is 1.77. The number of halogens is 2. The summed E-state index contributed by atoms with van der Waals surface area (Å²) in [4.78, 5) is 16.6. The van der Waals surface area contributed by atoms with Crippen LogP contribution >= 0.6 is 24.0 Å². The summed E-state index contributed by atoms with van der Waals surface area (Å²) in [6.07, 6.45) is 1.79. The smallest absolute Gasteiger partial charge is 0.260 e. The highest BCUT2D eigenvalue weighted by atomic mass is 35.5. The van der Waals surface area contributed by atoms with Gasteiger partial charge in [0.05, 0.1) is 19.8 Å². The Bertz CT molecular complexity index is 863. The maximum Gasteiger partial charge on any atom is 0.260 e. The molecule has 2 aromatic rings. The lowest BCUT2D eigenvalue weighted by Crippen LogP contribution is -2.40. The van der Waals surface area contributed by atoms with Gasteiger partial charge in [0.2, 0.25) is 0 Å². The molecule has 0 aromatic heterocycles. The lowest BCUT2D eigenvalue weighted by molar-refractivity contribution is 0.0512. The topological polar surface area (TPSA) is 51.2 Å². The minimum Gasteiger partial charge on any atom is -0.493 e. The number of rotatable bonds is 9. The average molecular weight is 455 g/mol. The summed E-state index contributed by atoms with van der Waals surface area (Å²) in [5, 5.41) is 0.570. The molecule has 6 nitrogen and oxygen atoms in total. The second-order valence-electron chi connectivity index (χ2n) is 7.08. The van der Waals surface area contributed by atoms with Crippen LogP contribution in [0.3, 0.4) is 0 Å². The number of nitrogens with zero attached hydrogens (tertiary/aromatic N) is 2. The molecule has 0 N–H and O–H groups in total. The molecule has 1 aliphatic rings. The summed E-state index contributed by atoms with van der Waals surface area (Å²) < 4.78 is 16.3. The van der Waals surface area contributed by atoms with Crippen molar-refractivity contribution in [3.63, 3.8) is 0 Å². The van der Waals surface area contributed by atoms with Crippen LogP contribution in [0.25, 0.3) is 0 Å². The van der Waals surface area contributed by atoms with Gasteiger partial charge in [0.15, 0.2) is 18.2 Å². The fraction of sp³-hybridized carbons (Fsp3) is 0.409. The molecule has 0 unspecified atom stereocenters. The fourth-order valence-electron chi connectivity index (χ4n) is 3.33. The van der Waals surface area contributed by atoms with Gasteiger partial charge >= 0.3 is 0 Å². The Morgan fingerprint density at radius 1 is 1.10 bits per heavy atom. The Balaban J connectivity index is 0.00000320. The van der Waals surface area contributed by atoms with Crippen LogP contribution in [-0.2, 0) is 6.42 Å². The molecule has 0 saturated heterocycles. The van der Waals surface area contributed by atoms with Crippen molar-refractivity contribution in [2.75, 3.05) is 47.6 Å². The van der Waals surface area contributed by atoms with Crippen molar-refractivity contribution in [2.45, 2.75) is 12.8 Å². The van der Waals surface area contributed by atoms with Crippen molar-refractivity contribution in [1.29, 1.82) is 0 Å². The van der Waals surface area contributed by atoms with Gasteiger partial charge in [-0.1, -0.05) is 17.7 Å². The van der Waals surface area contributed by atoms with Crippen molar-refractivity contribution in [3.8, 4) is 17.2 Å². The average Bonchev–Trinajstić information content (AvgIpc) is 2.73. The third kappa shape index (κ3) is 5.94. The second kappa shape index (κ2) is 11.3. The molecule has 0 aliphatic carbocycles. The van der Waals surface area contributed by atoms with E-state index in [2.05, 4.69) is 18.0 Å². The zero-order chi connectivity index (χ0) is 20.8. The number of benzene rings is 2. The summed E-state index contributed by atoms with van der Waals surface area (Å²) in [6.45, 7) is 2.73. The molecule has 1 amide bonds. The molecule has 3 rings (SSSR count). The Morgan fingerprint density at radius 2 is 1.87 bits per heavy atom. The Hall–Kier alpha value is -2.15. The van der Waals surface area contributed by atoms with Crippen molar-refractivity contribution in [1.82, 2.24) is 9.80 Å². The molecule has 2 aromatic carbocycles. The van der Waals surface area contributed by atoms with E-state index < -0.39 is 0 Å². The van der Waals surface area contributed by atoms with E-state index >= 15 is 0 Å². The van der Waals surface area contributed by atoms with Crippen molar-refractivity contribution < 1.29 is 19.0 Å². The molecule has 1 heterocycles. The maximum absolute atomic E-state index is 12.6. The minimum atomic E-state index is -0.00380. The van der Waals surface area contributed by atoms with Gasteiger partial charge in [-0.05, 0) is 62.3 Å². The summed E-state index contributed by atoms with van der Waals surface area (Å²) in [6, 6.07) is 11.1. The summed E-state index contributed by atoms with van der Waals surface area (Å²) in [7, 11) is 5.37. The molecule has 8 heteroatoms. The number of fused-ring (bicyclic) bond motifs is 1. The van der Waals surface area contributed by atoms with Crippen LogP contribution in [0.15, 0.2) is 36.4 Å². The zero-order valence-electron chi connectivity index (χ0n) is 17.5. The Labute approximate surface area is 189 Å². The van der Waals surface area contributed by atoms with Gasteiger partial charge < -0.3 is 24.0 Å². The minimum absolute atomic E-state index is 0. The SMILES string of the molecule is COc1ccc(CCN(C)CCCN2COc3cc(Cl)ccc3C2=O)cc1OC.Cl. The van der Waals surface area contributed by atoms with E-state index in [0.29, 0.717) is 22.9 Å². The lowest BCUT2D eigenvalue weighted by Gasteiger charge is -2.29. The highest BCUT2D eigenvalue weighted by Crippen LogP contribution is 2.29. The van der Waals surface area contributed by atoms with Crippen LogP contribution in [0.1, 0.15) is 22.3 Å². The molecule has 0 bridgehead atoms. The van der Waals surface area contributed by atoms with Gasteiger partial charge in [0.25, 0.3) is 5.91 Å². The van der Waals surface area contributed by atoms with Crippen LogP contribution in [0, 0.1) is 0 Å². The van der Waals surface area contributed by atoms with Gasteiger partial charge in [-0.25, -0.2) is 0 Å². The zero-order valence-corrected chi connectivity index (χ0v) is 19.1. The first-order chi connectivity index (χ1) is 14.0. The van der Waals surface area contributed by atoms with Crippen LogP contribution < -0.4 is 14.2 Å². The summed E-state index contributed by atoms with van der Waals surface area (Å²) in [5.74, 6) is 2.04. The molecular weight excluding hydrogens is 427 g/mol. The Morgan fingerprint density at radius 3 is 2.60 bits per heavy atom. The largest absolute Gasteiger partial charge is 0.493 e. The molecule has 164 valence electrons. The first-order valence-corrected chi connectivity index (χ1v) is 10.0. The number of ether oxygens (including phenoxy) is 3. The number of carbonyl (C=O) groups excluding carboxylic acids is 1. The first kappa shape index (κ1) is 24.1. The van der Waals surface area contributed by atoms with Crippen molar-refractivity contribution in [3.05, 3.63) is 52.5 Å². The van der Waals surface area contributed by atoms with E-state index in [1.165, 1.54) is 5.56 Å². The molecule has 0 saturated carbocycles. The number of hydrogen-bond donors (Lipinski definition) is 0. The van der Waals surface area contributed by atoms with Crippen LogP contribution in [0.2, 0.25) is 5.02 Å². The molecular formula is C22H28Cl2N2O4. The van der Waals surface area contributed by atoms with Crippen LogP contribution in [0.4, 0.5) is 0 Å². The number of likely N-dealkylation sites (N-methyl/N-ethyl adjacent to an activating group) is 1. The number of amides is 1. The lowest BCUT2D eigenvalue weighted by atomic mass is 10.1. The Kier molecular flexibility index (Phi) is 9.08. The van der Waals surface area contributed by atoms with E-state index in [-0.39, 0.29) is 25.0 Å². The summed E-state index contributed by atoms with van der Waals surface area (Å²) >= 11 is 5.96. The van der Waals surface area contributed by atoms with E-state index in [4.69, 9.17) is 25.8 Å². The highest BCUT2D eigenvalue weighted by molar-refractivity contribution is 6.30. The molecule has 30 heavy (non-hydrogen) atoms. The van der Waals surface area contributed by atoms with Gasteiger partial charge in [-0.15, -0.1) is 12.4 Å². The van der Waals surface area contributed by atoms with Gasteiger partial charge in [-0.3, -0.25) is 4.79 Å². The van der Waals surface area contributed by atoms with E-state index in [1.807, 2.05) is 12.1 Å². The number of carbonyl (C=O) groups is 1.